The summed E-state index contributed by atoms with van der Waals surface area (Å²) in [5.41, 5.74) is 6.18. The van der Waals surface area contributed by atoms with Crippen LogP contribution in [-0.4, -0.2) is 62.6 Å². The number of nitrogens with two attached hydrogens (primary N) is 1. The van der Waals surface area contributed by atoms with Gasteiger partial charge in [-0.05, 0) is 38.6 Å². The zero-order valence-corrected chi connectivity index (χ0v) is 13.7. The van der Waals surface area contributed by atoms with Gasteiger partial charge in [0.2, 0.25) is 10.0 Å². The van der Waals surface area contributed by atoms with Crippen LogP contribution in [0.4, 0.5) is 0 Å². The molecule has 2 fully saturated rings. The van der Waals surface area contributed by atoms with E-state index in [0.717, 1.165) is 19.4 Å². The van der Waals surface area contributed by atoms with E-state index in [1.807, 2.05) is 0 Å². The second kappa shape index (κ2) is 6.30. The summed E-state index contributed by atoms with van der Waals surface area (Å²) in [4.78, 5) is 2.41. The number of hydrogen-bond donors (Lipinski definition) is 1. The van der Waals surface area contributed by atoms with Crippen molar-refractivity contribution >= 4 is 10.0 Å². The van der Waals surface area contributed by atoms with Gasteiger partial charge in [-0.25, -0.2) is 12.7 Å². The summed E-state index contributed by atoms with van der Waals surface area (Å²) in [7, 11) is -0.880. The second-order valence-corrected chi connectivity index (χ2v) is 8.63. The van der Waals surface area contributed by atoms with Crippen molar-refractivity contribution in [2.24, 2.45) is 11.7 Å². The fourth-order valence-corrected chi connectivity index (χ4v) is 4.78. The van der Waals surface area contributed by atoms with Crippen LogP contribution in [-0.2, 0) is 10.0 Å². The molecular weight excluding hydrogens is 274 g/mol. The van der Waals surface area contributed by atoms with Gasteiger partial charge in [-0.1, -0.05) is 12.8 Å². The maximum absolute atomic E-state index is 11.7. The maximum Gasteiger partial charge on any atom is 0.211 e. The van der Waals surface area contributed by atoms with E-state index in [-0.39, 0.29) is 5.54 Å². The predicted molar refractivity (Wildman–Crippen MR) is 82.0 cm³/mol. The number of nitrogens with zero attached hydrogens (tertiary/aromatic N) is 2. The van der Waals surface area contributed by atoms with E-state index in [1.54, 1.807) is 4.31 Å². The fraction of sp³-hybridized carbons (Fsp3) is 1.00. The molecule has 1 aliphatic carbocycles. The average molecular weight is 303 g/mol. The summed E-state index contributed by atoms with van der Waals surface area (Å²) < 4.78 is 25.0. The molecule has 1 saturated carbocycles. The van der Waals surface area contributed by atoms with Crippen molar-refractivity contribution < 1.29 is 8.42 Å². The number of piperidine rings is 1. The Hall–Kier alpha value is -0.170. The highest BCUT2D eigenvalue weighted by Crippen LogP contribution is 2.34. The van der Waals surface area contributed by atoms with Crippen LogP contribution in [0.3, 0.4) is 0 Å². The van der Waals surface area contributed by atoms with E-state index in [4.69, 9.17) is 5.73 Å². The lowest BCUT2D eigenvalue weighted by atomic mass is 9.92. The molecule has 0 amide bonds. The second-order valence-electron chi connectivity index (χ2n) is 6.65. The SMILES string of the molecule is CN(CC1CCCN(S(C)(=O)=O)C1)C1(CN)CCCC1. The van der Waals surface area contributed by atoms with Crippen molar-refractivity contribution in [2.45, 2.75) is 44.1 Å². The van der Waals surface area contributed by atoms with Gasteiger partial charge in [-0.2, -0.15) is 0 Å². The summed E-state index contributed by atoms with van der Waals surface area (Å²) in [6.45, 7) is 3.03. The Balaban J connectivity index is 1.95. The van der Waals surface area contributed by atoms with Crippen molar-refractivity contribution in [3.8, 4) is 0 Å². The lowest BCUT2D eigenvalue weighted by Crippen LogP contribution is -2.53. The monoisotopic (exact) mass is 303 g/mol. The van der Waals surface area contributed by atoms with Crippen molar-refractivity contribution in [1.29, 1.82) is 0 Å². The molecule has 0 bridgehead atoms. The van der Waals surface area contributed by atoms with E-state index in [1.165, 1.54) is 31.9 Å². The van der Waals surface area contributed by atoms with Gasteiger partial charge >= 0.3 is 0 Å². The lowest BCUT2D eigenvalue weighted by Gasteiger charge is -2.41. The van der Waals surface area contributed by atoms with E-state index < -0.39 is 10.0 Å². The van der Waals surface area contributed by atoms with Crippen LogP contribution in [0.2, 0.25) is 0 Å². The Morgan fingerprint density at radius 2 is 1.95 bits per heavy atom. The summed E-state index contributed by atoms with van der Waals surface area (Å²) in [5, 5.41) is 0. The largest absolute Gasteiger partial charge is 0.329 e. The van der Waals surface area contributed by atoms with Gasteiger partial charge in [-0.3, -0.25) is 4.90 Å². The molecule has 1 unspecified atom stereocenters. The minimum absolute atomic E-state index is 0.160. The summed E-state index contributed by atoms with van der Waals surface area (Å²) in [6.07, 6.45) is 8.31. The highest BCUT2D eigenvalue weighted by Gasteiger charge is 2.38. The molecule has 2 aliphatic rings. The minimum atomic E-state index is -3.04. The molecule has 5 nitrogen and oxygen atoms in total. The van der Waals surface area contributed by atoms with E-state index in [0.29, 0.717) is 25.6 Å². The van der Waals surface area contributed by atoms with Crippen molar-refractivity contribution in [3.63, 3.8) is 0 Å². The first-order valence-electron chi connectivity index (χ1n) is 7.74. The average Bonchev–Trinajstić information content (AvgIpc) is 2.88. The maximum atomic E-state index is 11.7. The molecule has 1 saturated heterocycles. The van der Waals surface area contributed by atoms with Crippen LogP contribution in [0.5, 0.6) is 0 Å². The van der Waals surface area contributed by atoms with Gasteiger partial charge in [0, 0.05) is 31.7 Å². The molecule has 0 spiro atoms. The highest BCUT2D eigenvalue weighted by molar-refractivity contribution is 7.88. The molecule has 0 aromatic rings. The smallest absolute Gasteiger partial charge is 0.211 e. The summed E-state index contributed by atoms with van der Waals surface area (Å²) in [6, 6.07) is 0. The Bertz CT molecular complexity index is 418. The first-order valence-corrected chi connectivity index (χ1v) is 9.59. The van der Waals surface area contributed by atoms with Gasteiger partial charge in [-0.15, -0.1) is 0 Å². The minimum Gasteiger partial charge on any atom is -0.329 e. The van der Waals surface area contributed by atoms with Crippen LogP contribution in [0.15, 0.2) is 0 Å². The van der Waals surface area contributed by atoms with E-state index in [2.05, 4.69) is 11.9 Å². The molecule has 2 N–H and O–H groups in total. The van der Waals surface area contributed by atoms with Gasteiger partial charge in [0.1, 0.15) is 0 Å². The number of hydrogen-bond acceptors (Lipinski definition) is 4. The molecule has 20 heavy (non-hydrogen) atoms. The van der Waals surface area contributed by atoms with Crippen LogP contribution >= 0.6 is 0 Å². The molecule has 2 rings (SSSR count). The van der Waals surface area contributed by atoms with Gasteiger partial charge in [0.25, 0.3) is 0 Å². The first kappa shape index (κ1) is 16.2. The molecular formula is C14H29N3O2S. The molecule has 0 radical (unpaired) electrons. The zero-order chi connectivity index (χ0) is 14.8. The van der Waals surface area contributed by atoms with Crippen LogP contribution in [0, 0.1) is 5.92 Å². The number of likely N-dealkylation sites (N-methyl/N-ethyl adjacent to an activating group) is 1. The van der Waals surface area contributed by atoms with Gasteiger partial charge < -0.3 is 5.73 Å². The summed E-state index contributed by atoms with van der Waals surface area (Å²) in [5.74, 6) is 0.437. The quantitative estimate of drug-likeness (QED) is 0.818. The molecule has 118 valence electrons. The third-order valence-corrected chi connectivity index (χ3v) is 6.48. The lowest BCUT2D eigenvalue weighted by molar-refractivity contribution is 0.0944. The first-order chi connectivity index (χ1) is 9.37. The summed E-state index contributed by atoms with van der Waals surface area (Å²) >= 11 is 0. The van der Waals surface area contributed by atoms with Gasteiger partial charge in [0.15, 0.2) is 0 Å². The number of sulfonamides is 1. The molecule has 0 aromatic carbocycles. The topological polar surface area (TPSA) is 66.6 Å². The number of rotatable bonds is 5. The predicted octanol–water partition coefficient (Wildman–Crippen LogP) is 0.861. The molecule has 1 heterocycles. The van der Waals surface area contributed by atoms with Crippen LogP contribution < -0.4 is 5.73 Å². The highest BCUT2D eigenvalue weighted by atomic mass is 32.2. The molecule has 1 aliphatic heterocycles. The third kappa shape index (κ3) is 3.53. The van der Waals surface area contributed by atoms with Crippen LogP contribution in [0.1, 0.15) is 38.5 Å². The normalized spacial score (nSPS) is 28.1. The van der Waals surface area contributed by atoms with Crippen molar-refractivity contribution in [3.05, 3.63) is 0 Å². The van der Waals surface area contributed by atoms with Crippen molar-refractivity contribution in [2.75, 3.05) is 39.5 Å². The molecule has 6 heteroatoms. The van der Waals surface area contributed by atoms with Crippen LogP contribution in [0.25, 0.3) is 0 Å². The van der Waals surface area contributed by atoms with E-state index in [9.17, 15) is 8.42 Å². The standard InChI is InChI=1S/C14H29N3O2S/c1-16(14(12-15)7-3-4-8-14)10-13-6-5-9-17(11-13)20(2,18)19/h13H,3-12,15H2,1-2H3. The molecule has 1 atom stereocenters. The third-order valence-electron chi connectivity index (χ3n) is 5.21. The van der Waals surface area contributed by atoms with Gasteiger partial charge in [0.05, 0.1) is 6.26 Å². The van der Waals surface area contributed by atoms with Crippen molar-refractivity contribution in [1.82, 2.24) is 9.21 Å². The molecule has 0 aromatic heterocycles. The Morgan fingerprint density at radius 1 is 1.30 bits per heavy atom. The fourth-order valence-electron chi connectivity index (χ4n) is 3.83. The zero-order valence-electron chi connectivity index (χ0n) is 12.8. The Morgan fingerprint density at radius 3 is 2.50 bits per heavy atom. The Labute approximate surface area is 123 Å². The van der Waals surface area contributed by atoms with E-state index >= 15 is 0 Å². The Kier molecular flexibility index (Phi) is 5.10.